The van der Waals surface area contributed by atoms with E-state index in [9.17, 15) is 4.79 Å². The van der Waals surface area contributed by atoms with Crippen LogP contribution in [0.25, 0.3) is 10.2 Å². The summed E-state index contributed by atoms with van der Waals surface area (Å²) >= 11 is 12.3. The van der Waals surface area contributed by atoms with Gasteiger partial charge in [0.1, 0.15) is 5.76 Å². The van der Waals surface area contributed by atoms with E-state index in [4.69, 9.17) is 16.0 Å². The van der Waals surface area contributed by atoms with Crippen molar-refractivity contribution in [2.45, 2.75) is 6.54 Å². The minimum absolute atomic E-state index is 0.114. The second-order valence-electron chi connectivity index (χ2n) is 5.18. The van der Waals surface area contributed by atoms with Crippen LogP contribution in [0, 0.1) is 0 Å². The third-order valence-corrected chi connectivity index (χ3v) is 6.38. The van der Waals surface area contributed by atoms with Crippen molar-refractivity contribution in [2.24, 2.45) is 0 Å². The molecule has 4 nitrogen and oxygen atoms in total. The lowest BCUT2D eigenvalue weighted by molar-refractivity contribution is 0.0987. The molecule has 0 unspecified atom stereocenters. The summed E-state index contributed by atoms with van der Waals surface area (Å²) in [4.78, 5) is 19.9. The topological polar surface area (TPSA) is 46.3 Å². The zero-order valence-electron chi connectivity index (χ0n) is 12.6. The molecular weight excluding hydrogens is 444 g/mol. The van der Waals surface area contributed by atoms with Crippen LogP contribution < -0.4 is 4.90 Å². The molecule has 3 heterocycles. The number of hydrogen-bond donors (Lipinski definition) is 0. The molecule has 0 aliphatic heterocycles. The SMILES string of the molecule is O=C(c1ccc(Br)s1)N(Cc1ccco1)c1nc2ccc(Cl)cc2s1. The minimum atomic E-state index is -0.114. The van der Waals surface area contributed by atoms with Gasteiger partial charge in [0.05, 0.1) is 31.7 Å². The van der Waals surface area contributed by atoms with Crippen molar-refractivity contribution in [3.8, 4) is 0 Å². The predicted molar refractivity (Wildman–Crippen MR) is 106 cm³/mol. The monoisotopic (exact) mass is 452 g/mol. The van der Waals surface area contributed by atoms with Gasteiger partial charge in [-0.15, -0.1) is 11.3 Å². The number of thiazole rings is 1. The summed E-state index contributed by atoms with van der Waals surface area (Å²) in [7, 11) is 0. The number of hydrogen-bond acceptors (Lipinski definition) is 5. The Morgan fingerprint density at radius 3 is 2.84 bits per heavy atom. The van der Waals surface area contributed by atoms with Crippen LogP contribution in [0.15, 0.2) is 56.9 Å². The highest BCUT2D eigenvalue weighted by Gasteiger charge is 2.24. The molecule has 4 aromatic rings. The molecule has 0 saturated heterocycles. The average molecular weight is 454 g/mol. The fourth-order valence-electron chi connectivity index (χ4n) is 2.35. The minimum Gasteiger partial charge on any atom is -0.467 e. The lowest BCUT2D eigenvalue weighted by Crippen LogP contribution is -2.29. The summed E-state index contributed by atoms with van der Waals surface area (Å²) in [6.07, 6.45) is 1.60. The van der Waals surface area contributed by atoms with Crippen LogP contribution in [0.5, 0.6) is 0 Å². The van der Waals surface area contributed by atoms with Crippen LogP contribution >= 0.6 is 50.2 Å². The van der Waals surface area contributed by atoms with Gasteiger partial charge in [0.15, 0.2) is 5.13 Å². The van der Waals surface area contributed by atoms with Crippen molar-refractivity contribution in [1.29, 1.82) is 0 Å². The number of anilines is 1. The van der Waals surface area contributed by atoms with Gasteiger partial charge in [0, 0.05) is 5.02 Å². The van der Waals surface area contributed by atoms with Crippen LogP contribution in [0.2, 0.25) is 5.02 Å². The Morgan fingerprint density at radius 1 is 1.24 bits per heavy atom. The first kappa shape index (κ1) is 16.8. The van der Waals surface area contributed by atoms with Crippen molar-refractivity contribution < 1.29 is 9.21 Å². The molecule has 0 saturated carbocycles. The zero-order valence-corrected chi connectivity index (χ0v) is 16.6. The molecule has 8 heteroatoms. The Bertz CT molecular complexity index is 1040. The smallest absolute Gasteiger partial charge is 0.270 e. The highest BCUT2D eigenvalue weighted by atomic mass is 79.9. The second-order valence-corrected chi connectivity index (χ2v) is 9.09. The number of furan rings is 1. The van der Waals surface area contributed by atoms with Gasteiger partial charge in [0.25, 0.3) is 5.91 Å². The van der Waals surface area contributed by atoms with E-state index in [0.29, 0.717) is 27.3 Å². The van der Waals surface area contributed by atoms with Crippen LogP contribution in [-0.2, 0) is 6.54 Å². The maximum Gasteiger partial charge on any atom is 0.270 e. The summed E-state index contributed by atoms with van der Waals surface area (Å²) in [5, 5.41) is 1.26. The molecule has 0 spiro atoms. The van der Waals surface area contributed by atoms with Crippen LogP contribution in [-0.4, -0.2) is 10.9 Å². The second kappa shape index (κ2) is 6.92. The zero-order chi connectivity index (χ0) is 17.4. The first-order chi connectivity index (χ1) is 12.1. The molecule has 0 radical (unpaired) electrons. The molecule has 4 rings (SSSR count). The number of thiophene rings is 1. The molecule has 0 fully saturated rings. The summed E-state index contributed by atoms with van der Waals surface area (Å²) in [5.74, 6) is 0.582. The number of rotatable bonds is 4. The third-order valence-electron chi connectivity index (χ3n) is 3.49. The lowest BCUT2D eigenvalue weighted by atomic mass is 10.3. The highest BCUT2D eigenvalue weighted by molar-refractivity contribution is 9.11. The first-order valence-corrected chi connectivity index (χ1v) is 10.1. The standard InChI is InChI=1S/C17H10BrClN2O2S2/c18-15-6-5-13(24-15)16(22)21(9-11-2-1-7-23-11)17-20-12-4-3-10(19)8-14(12)25-17/h1-8H,9H2. The van der Waals surface area contributed by atoms with Gasteiger partial charge in [0.2, 0.25) is 0 Å². The van der Waals surface area contributed by atoms with E-state index in [0.717, 1.165) is 14.0 Å². The van der Waals surface area contributed by atoms with Crippen molar-refractivity contribution in [3.05, 3.63) is 68.2 Å². The molecule has 1 aromatic carbocycles. The number of benzene rings is 1. The summed E-state index contributed by atoms with van der Waals surface area (Å²) < 4.78 is 7.27. The fourth-order valence-corrected chi connectivity index (χ4v) is 4.92. The van der Waals surface area contributed by atoms with Gasteiger partial charge in [-0.1, -0.05) is 22.9 Å². The molecule has 0 aliphatic carbocycles. The first-order valence-electron chi connectivity index (χ1n) is 7.26. The van der Waals surface area contributed by atoms with Crippen molar-refractivity contribution in [3.63, 3.8) is 0 Å². The Balaban J connectivity index is 1.76. The molecule has 0 aliphatic rings. The predicted octanol–water partition coefficient (Wildman–Crippen LogP) is 6.21. The van der Waals surface area contributed by atoms with Crippen LogP contribution in [0.4, 0.5) is 5.13 Å². The molecule has 3 aromatic heterocycles. The summed E-state index contributed by atoms with van der Waals surface area (Å²) in [6.45, 7) is 0.314. The van der Waals surface area contributed by atoms with Gasteiger partial charge >= 0.3 is 0 Å². The maximum atomic E-state index is 13.0. The molecule has 0 atom stereocenters. The number of aromatic nitrogens is 1. The molecule has 0 bridgehead atoms. The Morgan fingerprint density at radius 2 is 2.12 bits per heavy atom. The maximum absolute atomic E-state index is 13.0. The van der Waals surface area contributed by atoms with E-state index < -0.39 is 0 Å². The summed E-state index contributed by atoms with van der Waals surface area (Å²) in [5.41, 5.74) is 0.814. The van der Waals surface area contributed by atoms with E-state index in [1.54, 1.807) is 29.4 Å². The number of halogens is 2. The van der Waals surface area contributed by atoms with Crippen molar-refractivity contribution in [2.75, 3.05) is 4.90 Å². The van der Waals surface area contributed by atoms with Crippen LogP contribution in [0.1, 0.15) is 15.4 Å². The molecular formula is C17H10BrClN2O2S2. The molecule has 0 N–H and O–H groups in total. The van der Waals surface area contributed by atoms with Gasteiger partial charge in [-0.05, 0) is 58.4 Å². The fraction of sp³-hybridized carbons (Fsp3) is 0.0588. The number of carbonyl (C=O) groups excluding carboxylic acids is 1. The number of carbonyl (C=O) groups is 1. The normalized spacial score (nSPS) is 11.1. The van der Waals surface area contributed by atoms with Gasteiger partial charge in [-0.3, -0.25) is 9.69 Å². The van der Waals surface area contributed by atoms with Crippen molar-refractivity contribution in [1.82, 2.24) is 4.98 Å². The van der Waals surface area contributed by atoms with Crippen LogP contribution in [0.3, 0.4) is 0 Å². The highest BCUT2D eigenvalue weighted by Crippen LogP contribution is 2.33. The Hall–Kier alpha value is -1.67. The molecule has 1 amide bonds. The average Bonchev–Trinajstić information content (AvgIpc) is 3.31. The largest absolute Gasteiger partial charge is 0.467 e. The van der Waals surface area contributed by atoms with Gasteiger partial charge < -0.3 is 4.42 Å². The van der Waals surface area contributed by atoms with E-state index in [-0.39, 0.29) is 5.91 Å². The number of nitrogens with zero attached hydrogens (tertiary/aromatic N) is 2. The van der Waals surface area contributed by atoms with Crippen molar-refractivity contribution >= 4 is 71.5 Å². The van der Waals surface area contributed by atoms with E-state index in [1.807, 2.05) is 24.3 Å². The van der Waals surface area contributed by atoms with E-state index in [2.05, 4.69) is 20.9 Å². The third kappa shape index (κ3) is 3.50. The quantitative estimate of drug-likeness (QED) is 0.369. The number of fused-ring (bicyclic) bond motifs is 1. The molecule has 25 heavy (non-hydrogen) atoms. The number of amides is 1. The molecule has 126 valence electrons. The Kier molecular flexibility index (Phi) is 4.64. The van der Waals surface area contributed by atoms with E-state index in [1.165, 1.54) is 22.7 Å². The van der Waals surface area contributed by atoms with Gasteiger partial charge in [-0.25, -0.2) is 4.98 Å². The Labute approximate surface area is 164 Å². The summed E-state index contributed by atoms with van der Waals surface area (Å²) in [6, 6.07) is 12.8. The lowest BCUT2D eigenvalue weighted by Gasteiger charge is -2.17. The van der Waals surface area contributed by atoms with E-state index >= 15 is 0 Å². The van der Waals surface area contributed by atoms with Gasteiger partial charge in [-0.2, -0.15) is 0 Å².